The van der Waals surface area contributed by atoms with Crippen LogP contribution < -0.4 is 30.0 Å². The number of amides is 2. The summed E-state index contributed by atoms with van der Waals surface area (Å²) in [4.78, 5) is 64.6. The minimum Gasteiger partial charge on any atom is -0.487 e. The molecule has 1 aromatic heterocycles. The van der Waals surface area contributed by atoms with Crippen molar-refractivity contribution < 1.29 is 61.9 Å². The van der Waals surface area contributed by atoms with Gasteiger partial charge in [0, 0.05) is 24.7 Å². The predicted molar refractivity (Wildman–Crippen MR) is 189 cm³/mol. The van der Waals surface area contributed by atoms with Gasteiger partial charge in [0.1, 0.15) is 48.3 Å². The number of nitrogens with zero attached hydrogens (tertiary/aromatic N) is 3. The number of benzene rings is 2. The number of halogens is 2. The molecule has 4 heterocycles. The quantitative estimate of drug-likeness (QED) is 0.199. The van der Waals surface area contributed by atoms with Crippen LogP contribution in [0.4, 0.5) is 29.7 Å². The predicted octanol–water partition coefficient (Wildman–Crippen LogP) is 3.88. The molecule has 4 atom stereocenters. The number of aliphatic hydroxyl groups is 1. The Hall–Kier alpha value is -5.65. The molecule has 0 radical (unpaired) electrons. The summed E-state index contributed by atoms with van der Waals surface area (Å²) in [6, 6.07) is 3.17. The number of aromatic carboxylic acids is 1. The Labute approximate surface area is 312 Å². The molecule has 0 bridgehead atoms. The number of esters is 1. The van der Waals surface area contributed by atoms with Crippen LogP contribution in [0.5, 0.6) is 11.5 Å². The number of hydrogen-bond acceptors (Lipinski definition) is 12. The second-order valence-corrected chi connectivity index (χ2v) is 15.3. The Morgan fingerprint density at radius 3 is 2.53 bits per heavy atom. The van der Waals surface area contributed by atoms with E-state index in [0.29, 0.717) is 0 Å². The molecule has 1 saturated carbocycles. The highest BCUT2D eigenvalue weighted by molar-refractivity contribution is 5.97. The number of ether oxygens (including phenoxy) is 5. The number of carbonyl (C=O) groups excluding carboxylic acids is 3. The monoisotopic (exact) mass is 770 g/mol. The van der Waals surface area contributed by atoms with Crippen LogP contribution in [0, 0.1) is 11.6 Å². The number of carboxylic acid groups (broad SMARTS) is 1. The number of pyridine rings is 1. The molecule has 294 valence electrons. The molecule has 16 nitrogen and oxygen atoms in total. The van der Waals surface area contributed by atoms with Gasteiger partial charge in [0.15, 0.2) is 29.2 Å². The van der Waals surface area contributed by atoms with Crippen LogP contribution in [0.15, 0.2) is 35.3 Å². The van der Waals surface area contributed by atoms with Crippen molar-refractivity contribution in [1.82, 2.24) is 9.88 Å². The Balaban J connectivity index is 0.986. The standard InChI is InChI=1S/C37H40F2N4O12/c1-18(40-34(48)55-36(2,3)4)33(47)52-15-22-12-42(35(49)54-22)20-7-8-27(25(38)9-20)53-17-37(50)11-21-14-51-31-28-23(10-26(39)29(31)43(21)16-37)30(44)24(32(45)46)13-41(28)19-5-6-19/h7-10,13,18-19,21-22,50H,5-6,11-12,14-17H2,1-4H3,(H,40,48)(H,45,46)/t18?,21-,22?,37-/m0/s1. The van der Waals surface area contributed by atoms with E-state index in [1.807, 2.05) is 0 Å². The summed E-state index contributed by atoms with van der Waals surface area (Å²) in [5, 5.41) is 23.4. The molecule has 1 aliphatic carbocycles. The smallest absolute Gasteiger partial charge is 0.414 e. The van der Waals surface area contributed by atoms with Crippen molar-refractivity contribution >= 4 is 46.4 Å². The van der Waals surface area contributed by atoms with E-state index in [1.165, 1.54) is 25.3 Å². The van der Waals surface area contributed by atoms with E-state index in [2.05, 4.69) is 5.32 Å². The van der Waals surface area contributed by atoms with Gasteiger partial charge >= 0.3 is 24.1 Å². The highest BCUT2D eigenvalue weighted by Gasteiger charge is 2.48. The third kappa shape index (κ3) is 7.54. The Bertz CT molecular complexity index is 2150. The molecule has 3 N–H and O–H groups in total. The minimum atomic E-state index is -1.57. The normalized spacial score (nSPS) is 22.3. The van der Waals surface area contributed by atoms with Crippen molar-refractivity contribution in [2.75, 3.05) is 42.7 Å². The molecule has 18 heteroatoms. The maximum atomic E-state index is 15.8. The van der Waals surface area contributed by atoms with Crippen molar-refractivity contribution in [2.24, 2.45) is 0 Å². The number of hydrogen-bond donors (Lipinski definition) is 3. The largest absolute Gasteiger partial charge is 0.487 e. The maximum Gasteiger partial charge on any atom is 0.414 e. The topological polar surface area (TPSA) is 195 Å². The second kappa shape index (κ2) is 13.9. The lowest BCUT2D eigenvalue weighted by atomic mass is 10.0. The van der Waals surface area contributed by atoms with E-state index in [-0.39, 0.29) is 79.1 Å². The van der Waals surface area contributed by atoms with Crippen LogP contribution >= 0.6 is 0 Å². The van der Waals surface area contributed by atoms with Crippen LogP contribution in [0.1, 0.15) is 63.4 Å². The number of aromatic nitrogens is 1. The molecule has 3 aliphatic heterocycles. The van der Waals surface area contributed by atoms with E-state index in [4.69, 9.17) is 23.7 Å². The van der Waals surface area contributed by atoms with Gasteiger partial charge in [0.05, 0.1) is 35.7 Å². The van der Waals surface area contributed by atoms with Gasteiger partial charge < -0.3 is 48.7 Å². The lowest BCUT2D eigenvalue weighted by molar-refractivity contribution is -0.148. The summed E-state index contributed by atoms with van der Waals surface area (Å²) in [6.07, 6.45) is 0.376. The van der Waals surface area contributed by atoms with E-state index >= 15 is 8.78 Å². The molecule has 3 fully saturated rings. The number of carboxylic acids is 1. The Kier molecular flexibility index (Phi) is 9.51. The summed E-state index contributed by atoms with van der Waals surface area (Å²) in [7, 11) is 0. The molecule has 2 saturated heterocycles. The fraction of sp³-hybridized carbons (Fsp3) is 0.486. The molecular weight excluding hydrogens is 730 g/mol. The molecule has 2 amide bonds. The van der Waals surface area contributed by atoms with E-state index in [0.717, 1.165) is 29.9 Å². The molecule has 4 aliphatic rings. The zero-order chi connectivity index (χ0) is 39.6. The summed E-state index contributed by atoms with van der Waals surface area (Å²) in [5.41, 5.74) is -3.17. The van der Waals surface area contributed by atoms with Crippen LogP contribution in [0.25, 0.3) is 10.9 Å². The molecule has 2 unspecified atom stereocenters. The Morgan fingerprint density at radius 1 is 1.11 bits per heavy atom. The zero-order valence-corrected chi connectivity index (χ0v) is 30.4. The van der Waals surface area contributed by atoms with Crippen molar-refractivity contribution in [2.45, 2.75) is 82.4 Å². The van der Waals surface area contributed by atoms with Crippen molar-refractivity contribution in [3.63, 3.8) is 0 Å². The Morgan fingerprint density at radius 2 is 1.85 bits per heavy atom. The third-order valence-electron chi connectivity index (χ3n) is 9.69. The number of nitrogens with one attached hydrogen (secondary N) is 1. The maximum absolute atomic E-state index is 15.8. The van der Waals surface area contributed by atoms with Crippen LogP contribution in [0.2, 0.25) is 0 Å². The second-order valence-electron chi connectivity index (χ2n) is 15.3. The first kappa shape index (κ1) is 37.7. The lowest BCUT2D eigenvalue weighted by Crippen LogP contribution is -2.43. The van der Waals surface area contributed by atoms with Crippen molar-refractivity contribution in [3.8, 4) is 11.5 Å². The van der Waals surface area contributed by atoms with Crippen LogP contribution in [-0.2, 0) is 19.0 Å². The highest BCUT2D eigenvalue weighted by Crippen LogP contribution is 2.48. The number of carbonyl (C=O) groups is 4. The average Bonchev–Trinajstić information content (AvgIpc) is 3.79. The van der Waals surface area contributed by atoms with E-state index < -0.39 is 76.1 Å². The van der Waals surface area contributed by atoms with Crippen LogP contribution in [-0.4, -0.2) is 101 Å². The third-order valence-corrected chi connectivity index (χ3v) is 9.69. The van der Waals surface area contributed by atoms with Gasteiger partial charge in [0.25, 0.3) is 0 Å². The van der Waals surface area contributed by atoms with Gasteiger partial charge in [-0.2, -0.15) is 0 Å². The lowest BCUT2D eigenvalue weighted by Gasteiger charge is -2.34. The van der Waals surface area contributed by atoms with Crippen LogP contribution in [0.3, 0.4) is 0 Å². The highest BCUT2D eigenvalue weighted by atomic mass is 19.1. The number of anilines is 2. The number of cyclic esters (lactones) is 1. The van der Waals surface area contributed by atoms with Gasteiger partial charge in [-0.15, -0.1) is 0 Å². The zero-order valence-electron chi connectivity index (χ0n) is 30.4. The average molecular weight is 771 g/mol. The first-order valence-electron chi connectivity index (χ1n) is 17.7. The molecule has 55 heavy (non-hydrogen) atoms. The van der Waals surface area contributed by atoms with Gasteiger partial charge in [0.2, 0.25) is 5.43 Å². The first-order chi connectivity index (χ1) is 25.9. The summed E-state index contributed by atoms with van der Waals surface area (Å²) in [5.74, 6) is -3.98. The number of alkyl carbamates (subject to hydrolysis) is 1. The fourth-order valence-electron chi connectivity index (χ4n) is 7.04. The SMILES string of the molecule is CC(NC(=O)OC(C)(C)C)C(=O)OCC1CN(c2ccc(OC[C@]3(O)C[C@H]4COc5c(c(F)cc6c(=O)c(C(=O)O)cn(C7CC7)c56)N4C3)c(F)c2)C(=O)O1. The molecule has 0 spiro atoms. The molecule has 3 aromatic rings. The van der Waals surface area contributed by atoms with Gasteiger partial charge in [-0.25, -0.2) is 28.0 Å². The number of rotatable bonds is 10. The van der Waals surface area contributed by atoms with Gasteiger partial charge in [-0.1, -0.05) is 0 Å². The van der Waals surface area contributed by atoms with Gasteiger partial charge in [-0.3, -0.25) is 9.69 Å². The minimum absolute atomic E-state index is 0.0321. The summed E-state index contributed by atoms with van der Waals surface area (Å²) < 4.78 is 60.2. The molecular formula is C37H40F2N4O12. The van der Waals surface area contributed by atoms with Gasteiger partial charge in [-0.05, 0) is 58.7 Å². The first-order valence-corrected chi connectivity index (χ1v) is 17.7. The van der Waals surface area contributed by atoms with E-state index in [9.17, 15) is 34.2 Å². The fourth-order valence-corrected chi connectivity index (χ4v) is 7.04. The molecule has 7 rings (SSSR count). The number of fused-ring (bicyclic) bond motifs is 5. The molecule has 2 aromatic carbocycles. The van der Waals surface area contributed by atoms with Crippen molar-refractivity contribution in [1.29, 1.82) is 0 Å². The van der Waals surface area contributed by atoms with E-state index in [1.54, 1.807) is 30.2 Å². The summed E-state index contributed by atoms with van der Waals surface area (Å²) >= 11 is 0. The summed E-state index contributed by atoms with van der Waals surface area (Å²) in [6.45, 7) is 5.59. The van der Waals surface area contributed by atoms with Crippen molar-refractivity contribution in [3.05, 3.63) is 57.9 Å².